The molecule has 5 rings (SSSR count). The Labute approximate surface area is 228 Å². The maximum Gasteiger partial charge on any atom is 0.417 e. The van der Waals surface area contributed by atoms with Gasteiger partial charge in [-0.25, -0.2) is 9.78 Å². The van der Waals surface area contributed by atoms with Gasteiger partial charge in [0.15, 0.2) is 0 Å². The van der Waals surface area contributed by atoms with E-state index in [4.69, 9.17) is 27.9 Å². The van der Waals surface area contributed by atoms with Crippen LogP contribution in [0.5, 0.6) is 0 Å². The van der Waals surface area contributed by atoms with E-state index in [0.717, 1.165) is 17.8 Å². The molecule has 0 saturated carbocycles. The highest BCUT2D eigenvalue weighted by molar-refractivity contribution is 6.33. The van der Waals surface area contributed by atoms with E-state index in [2.05, 4.69) is 10.3 Å². The Morgan fingerprint density at radius 1 is 1.08 bits per heavy atom. The highest BCUT2D eigenvalue weighted by atomic mass is 35.5. The van der Waals surface area contributed by atoms with Crippen molar-refractivity contribution in [1.29, 1.82) is 0 Å². The van der Waals surface area contributed by atoms with Crippen molar-refractivity contribution in [2.45, 2.75) is 37.2 Å². The normalized spacial score (nSPS) is 19.1. The summed E-state index contributed by atoms with van der Waals surface area (Å²) in [5, 5.41) is 3.46. The number of carbonyl (C=O) groups is 1. The highest BCUT2D eigenvalue weighted by Crippen LogP contribution is 2.41. The molecule has 2 amide bonds. The summed E-state index contributed by atoms with van der Waals surface area (Å²) in [4.78, 5) is 21.3. The molecule has 6 nitrogen and oxygen atoms in total. The molecule has 2 aromatic carbocycles. The van der Waals surface area contributed by atoms with E-state index in [1.807, 2.05) is 35.2 Å². The molecule has 1 atom stereocenters. The first-order chi connectivity index (χ1) is 18.1. The summed E-state index contributed by atoms with van der Waals surface area (Å²) in [6.45, 7) is 1.17. The lowest BCUT2D eigenvalue weighted by atomic mass is 9.96. The maximum absolute atomic E-state index is 13.7. The molecular formula is C27H25Cl2F3N4O2. The summed E-state index contributed by atoms with van der Waals surface area (Å²) >= 11 is 12.2. The number of aromatic nitrogens is 1. The van der Waals surface area contributed by atoms with Crippen LogP contribution >= 0.6 is 23.2 Å². The van der Waals surface area contributed by atoms with E-state index in [-0.39, 0.29) is 22.9 Å². The van der Waals surface area contributed by atoms with Gasteiger partial charge in [0.2, 0.25) is 0 Å². The highest BCUT2D eigenvalue weighted by Gasteiger charge is 2.52. The van der Waals surface area contributed by atoms with Crippen LogP contribution in [0.2, 0.25) is 10.0 Å². The maximum atomic E-state index is 13.7. The molecular weight excluding hydrogens is 540 g/mol. The summed E-state index contributed by atoms with van der Waals surface area (Å²) < 4.78 is 45.5. The van der Waals surface area contributed by atoms with Crippen LogP contribution in [0.15, 0.2) is 66.9 Å². The molecule has 200 valence electrons. The molecule has 1 N–H and O–H groups in total. The Kier molecular flexibility index (Phi) is 7.44. The Balaban J connectivity index is 1.36. The van der Waals surface area contributed by atoms with Crippen LogP contribution in [0.4, 0.5) is 29.5 Å². The fourth-order valence-corrected chi connectivity index (χ4v) is 5.52. The van der Waals surface area contributed by atoms with Crippen LogP contribution in [-0.2, 0) is 17.3 Å². The number of hydrogen-bond acceptors (Lipinski definition) is 4. The zero-order chi connectivity index (χ0) is 26.9. The number of amides is 2. The second-order valence-electron chi connectivity index (χ2n) is 9.42. The number of carbonyl (C=O) groups excluding carboxylic acids is 1. The van der Waals surface area contributed by atoms with E-state index in [1.165, 1.54) is 0 Å². The van der Waals surface area contributed by atoms with Gasteiger partial charge in [0, 0.05) is 42.8 Å². The fraction of sp³-hybridized carbons (Fsp3) is 0.333. The third-order valence-electron chi connectivity index (χ3n) is 6.97. The van der Waals surface area contributed by atoms with E-state index >= 15 is 0 Å². The molecule has 2 fully saturated rings. The van der Waals surface area contributed by atoms with Crippen molar-refractivity contribution in [3.05, 3.63) is 88.0 Å². The second kappa shape index (κ2) is 10.6. The van der Waals surface area contributed by atoms with Gasteiger partial charge in [0.1, 0.15) is 11.5 Å². The van der Waals surface area contributed by atoms with Crippen molar-refractivity contribution < 1.29 is 22.7 Å². The monoisotopic (exact) mass is 564 g/mol. The first-order valence-corrected chi connectivity index (χ1v) is 12.9. The Bertz CT molecular complexity index is 1280. The number of pyridine rings is 1. The fourth-order valence-electron chi connectivity index (χ4n) is 5.10. The number of nitrogens with zero attached hydrogens (tertiary/aromatic N) is 3. The summed E-state index contributed by atoms with van der Waals surface area (Å²) in [6.07, 6.45) is -2.24. The minimum atomic E-state index is -4.52. The minimum Gasteiger partial charge on any atom is -0.355 e. The van der Waals surface area contributed by atoms with E-state index in [0.29, 0.717) is 49.7 Å². The SMILES string of the molecule is O=C(Nc1ccc(Cl)cc1)N1[C@H](Cc2ccccc2)COC12CCN(c1ncc(C(F)(F)F)cc1Cl)CC2. The smallest absolute Gasteiger partial charge is 0.355 e. The Morgan fingerprint density at radius 2 is 1.76 bits per heavy atom. The number of ether oxygens (including phenoxy) is 1. The molecule has 0 bridgehead atoms. The molecule has 1 spiro atoms. The number of rotatable bonds is 4. The topological polar surface area (TPSA) is 57.7 Å². The molecule has 3 aromatic rings. The lowest BCUT2D eigenvalue weighted by Gasteiger charge is -2.45. The van der Waals surface area contributed by atoms with Gasteiger partial charge in [-0.2, -0.15) is 13.2 Å². The van der Waals surface area contributed by atoms with Crippen LogP contribution < -0.4 is 10.2 Å². The lowest BCUT2D eigenvalue weighted by molar-refractivity contribution is -0.137. The zero-order valence-corrected chi connectivity index (χ0v) is 21.7. The number of benzene rings is 2. The Hall–Kier alpha value is -3.01. The number of halogens is 5. The summed E-state index contributed by atoms with van der Waals surface area (Å²) in [5.41, 5.74) is -0.0726. The van der Waals surface area contributed by atoms with Crippen molar-refractivity contribution >= 4 is 40.7 Å². The third kappa shape index (κ3) is 5.55. The van der Waals surface area contributed by atoms with Crippen LogP contribution in [-0.4, -0.2) is 47.4 Å². The van der Waals surface area contributed by atoms with Gasteiger partial charge < -0.3 is 15.0 Å². The quantitative estimate of drug-likeness (QED) is 0.375. The van der Waals surface area contributed by atoms with Gasteiger partial charge in [0.25, 0.3) is 0 Å². The van der Waals surface area contributed by atoms with Gasteiger partial charge in [-0.3, -0.25) is 4.90 Å². The lowest BCUT2D eigenvalue weighted by Crippen LogP contribution is -2.58. The number of nitrogens with one attached hydrogen (secondary N) is 1. The van der Waals surface area contributed by atoms with Crippen LogP contribution in [0, 0.1) is 0 Å². The largest absolute Gasteiger partial charge is 0.417 e. The van der Waals surface area contributed by atoms with E-state index < -0.39 is 17.5 Å². The molecule has 11 heteroatoms. The first kappa shape index (κ1) is 26.6. The van der Waals surface area contributed by atoms with Gasteiger partial charge in [-0.1, -0.05) is 53.5 Å². The molecule has 2 saturated heterocycles. The van der Waals surface area contributed by atoms with Crippen molar-refractivity contribution in [3.8, 4) is 0 Å². The van der Waals surface area contributed by atoms with Gasteiger partial charge in [-0.05, 0) is 42.3 Å². The average molecular weight is 565 g/mol. The van der Waals surface area contributed by atoms with E-state index in [1.54, 1.807) is 29.2 Å². The first-order valence-electron chi connectivity index (χ1n) is 12.2. The second-order valence-corrected chi connectivity index (χ2v) is 10.3. The number of urea groups is 1. The van der Waals surface area contributed by atoms with Crippen molar-refractivity contribution in [2.24, 2.45) is 0 Å². The molecule has 3 heterocycles. The van der Waals surface area contributed by atoms with Gasteiger partial charge in [-0.15, -0.1) is 0 Å². The Morgan fingerprint density at radius 3 is 2.39 bits per heavy atom. The van der Waals surface area contributed by atoms with E-state index in [9.17, 15) is 18.0 Å². The van der Waals surface area contributed by atoms with Gasteiger partial charge in [0.05, 0.1) is 23.2 Å². The minimum absolute atomic E-state index is 0.0672. The van der Waals surface area contributed by atoms with Crippen molar-refractivity contribution in [2.75, 3.05) is 29.9 Å². The molecule has 0 aliphatic carbocycles. The summed E-state index contributed by atoms with van der Waals surface area (Å²) in [6, 6.07) is 17.2. The van der Waals surface area contributed by atoms with Crippen LogP contribution in [0.25, 0.3) is 0 Å². The zero-order valence-electron chi connectivity index (χ0n) is 20.2. The number of anilines is 2. The third-order valence-corrected chi connectivity index (χ3v) is 7.50. The molecule has 38 heavy (non-hydrogen) atoms. The van der Waals surface area contributed by atoms with Crippen molar-refractivity contribution in [3.63, 3.8) is 0 Å². The number of hydrogen-bond donors (Lipinski definition) is 1. The standard InChI is InChI=1S/C27H25Cl2F3N4O2/c28-20-6-8-21(9-7-20)34-25(37)36-22(14-18-4-2-1-3-5-18)17-38-26(36)10-12-35(13-11-26)24-23(29)15-19(16-33-24)27(30,31)32/h1-9,15-16,22H,10-14,17H2,(H,34,37)/t22-/m1/s1. The van der Waals surface area contributed by atoms with Crippen molar-refractivity contribution in [1.82, 2.24) is 9.88 Å². The molecule has 2 aliphatic rings. The molecule has 0 unspecified atom stereocenters. The van der Waals surface area contributed by atoms with Gasteiger partial charge >= 0.3 is 12.2 Å². The molecule has 1 aromatic heterocycles. The molecule has 0 radical (unpaired) electrons. The average Bonchev–Trinajstić information content (AvgIpc) is 3.23. The summed E-state index contributed by atoms with van der Waals surface area (Å²) in [5.74, 6) is 0.283. The van der Waals surface area contributed by atoms with Crippen LogP contribution in [0.1, 0.15) is 24.0 Å². The number of alkyl halides is 3. The van der Waals surface area contributed by atoms with Crippen LogP contribution in [0.3, 0.4) is 0 Å². The summed E-state index contributed by atoms with van der Waals surface area (Å²) in [7, 11) is 0. The number of piperidine rings is 1. The predicted octanol–water partition coefficient (Wildman–Crippen LogP) is 6.88. The molecule has 2 aliphatic heterocycles. The predicted molar refractivity (Wildman–Crippen MR) is 141 cm³/mol.